The van der Waals surface area contributed by atoms with Crippen molar-refractivity contribution in [3.63, 3.8) is 0 Å². The summed E-state index contributed by atoms with van der Waals surface area (Å²) in [6.07, 6.45) is -0.659. The highest BCUT2D eigenvalue weighted by Gasteiger charge is 2.15. The van der Waals surface area contributed by atoms with Crippen molar-refractivity contribution in [1.29, 1.82) is 0 Å². The van der Waals surface area contributed by atoms with Gasteiger partial charge in [-0.15, -0.1) is 0 Å². The highest BCUT2D eigenvalue weighted by atomic mass is 79.9. The van der Waals surface area contributed by atoms with Crippen LogP contribution in [0.2, 0.25) is 0 Å². The van der Waals surface area contributed by atoms with Crippen LogP contribution in [0.3, 0.4) is 0 Å². The van der Waals surface area contributed by atoms with Gasteiger partial charge < -0.3 is 10.5 Å². The summed E-state index contributed by atoms with van der Waals surface area (Å²) in [6.45, 7) is 0. The summed E-state index contributed by atoms with van der Waals surface area (Å²) in [5.41, 5.74) is 5.90. The number of methoxy groups -OCH3 is 1. The lowest BCUT2D eigenvalue weighted by Gasteiger charge is -2.11. The van der Waals surface area contributed by atoms with Crippen LogP contribution in [0.5, 0.6) is 0 Å². The minimum absolute atomic E-state index is 0.482. The van der Waals surface area contributed by atoms with E-state index in [-0.39, 0.29) is 0 Å². The molecule has 2 N–H and O–H groups in total. The van der Waals surface area contributed by atoms with E-state index in [9.17, 15) is 4.79 Å². The molecule has 1 amide bonds. The lowest BCUT2D eigenvalue weighted by molar-refractivity contribution is -0.128. The number of primary amides is 1. The topological polar surface area (TPSA) is 52.3 Å². The Morgan fingerprint density at radius 2 is 2.00 bits per heavy atom. The Balaban J connectivity index is 2.92. The number of hydrogen-bond donors (Lipinski definition) is 1. The first-order valence-electron chi connectivity index (χ1n) is 3.72. The molecule has 1 aromatic carbocycles. The molecule has 70 valence electrons. The third-order valence-electron chi connectivity index (χ3n) is 1.67. The Labute approximate surface area is 85.0 Å². The first kappa shape index (κ1) is 10.2. The van der Waals surface area contributed by atoms with Gasteiger partial charge in [0.1, 0.15) is 0 Å². The molecule has 0 aliphatic rings. The molecule has 0 aromatic heterocycles. The zero-order valence-electron chi connectivity index (χ0n) is 7.16. The van der Waals surface area contributed by atoms with Gasteiger partial charge in [-0.2, -0.15) is 0 Å². The fraction of sp³-hybridized carbons (Fsp3) is 0.222. The number of benzene rings is 1. The van der Waals surface area contributed by atoms with E-state index in [1.165, 1.54) is 7.11 Å². The number of amides is 1. The zero-order chi connectivity index (χ0) is 9.84. The van der Waals surface area contributed by atoms with Crippen LogP contribution in [-0.2, 0) is 9.53 Å². The molecule has 4 heteroatoms. The molecule has 0 heterocycles. The lowest BCUT2D eigenvalue weighted by atomic mass is 10.1. The van der Waals surface area contributed by atoms with E-state index in [4.69, 9.17) is 10.5 Å². The minimum Gasteiger partial charge on any atom is -0.367 e. The maximum Gasteiger partial charge on any atom is 0.251 e. The number of carbonyl (C=O) groups excluding carboxylic acids is 1. The van der Waals surface area contributed by atoms with Crippen molar-refractivity contribution in [2.45, 2.75) is 6.10 Å². The van der Waals surface area contributed by atoms with Gasteiger partial charge in [-0.3, -0.25) is 4.79 Å². The molecule has 3 nitrogen and oxygen atoms in total. The molecule has 0 radical (unpaired) electrons. The SMILES string of the molecule is COC(C(N)=O)c1ccc(Br)cc1. The molecule has 13 heavy (non-hydrogen) atoms. The van der Waals surface area contributed by atoms with E-state index >= 15 is 0 Å². The Morgan fingerprint density at radius 1 is 1.46 bits per heavy atom. The third-order valence-corrected chi connectivity index (χ3v) is 2.20. The molecule has 0 fully saturated rings. The van der Waals surface area contributed by atoms with Crippen LogP contribution in [0, 0.1) is 0 Å². The lowest BCUT2D eigenvalue weighted by Crippen LogP contribution is -2.22. The second-order valence-corrected chi connectivity index (χ2v) is 3.49. The number of hydrogen-bond acceptors (Lipinski definition) is 2. The van der Waals surface area contributed by atoms with Crippen LogP contribution in [0.1, 0.15) is 11.7 Å². The fourth-order valence-corrected chi connectivity index (χ4v) is 1.32. The van der Waals surface area contributed by atoms with E-state index in [1.54, 1.807) is 12.1 Å². The van der Waals surface area contributed by atoms with Crippen molar-refractivity contribution >= 4 is 21.8 Å². The molecular formula is C9H10BrNO2. The number of halogens is 1. The van der Waals surface area contributed by atoms with Crippen molar-refractivity contribution in [2.75, 3.05) is 7.11 Å². The molecule has 0 bridgehead atoms. The first-order chi connectivity index (χ1) is 6.15. The molecule has 0 spiro atoms. The van der Waals surface area contributed by atoms with Crippen LogP contribution in [0.4, 0.5) is 0 Å². The zero-order valence-corrected chi connectivity index (χ0v) is 8.74. The van der Waals surface area contributed by atoms with Crippen LogP contribution in [0.15, 0.2) is 28.7 Å². The monoisotopic (exact) mass is 243 g/mol. The van der Waals surface area contributed by atoms with Crippen molar-refractivity contribution in [3.05, 3.63) is 34.3 Å². The highest BCUT2D eigenvalue weighted by Crippen LogP contribution is 2.18. The summed E-state index contributed by atoms with van der Waals surface area (Å²) >= 11 is 3.30. The summed E-state index contributed by atoms with van der Waals surface area (Å²) in [7, 11) is 1.46. The van der Waals surface area contributed by atoms with Crippen molar-refractivity contribution < 1.29 is 9.53 Å². The molecular weight excluding hydrogens is 234 g/mol. The van der Waals surface area contributed by atoms with Gasteiger partial charge in [0.15, 0.2) is 6.10 Å². The van der Waals surface area contributed by atoms with Crippen molar-refractivity contribution in [2.24, 2.45) is 5.73 Å². The Kier molecular flexibility index (Phi) is 3.45. The molecule has 0 saturated heterocycles. The van der Waals surface area contributed by atoms with Gasteiger partial charge in [-0.1, -0.05) is 28.1 Å². The predicted molar refractivity (Wildman–Crippen MR) is 53.1 cm³/mol. The average Bonchev–Trinajstić information content (AvgIpc) is 2.09. The van der Waals surface area contributed by atoms with Gasteiger partial charge in [-0.05, 0) is 17.7 Å². The van der Waals surface area contributed by atoms with Gasteiger partial charge in [0.25, 0.3) is 5.91 Å². The van der Waals surface area contributed by atoms with Crippen LogP contribution in [-0.4, -0.2) is 13.0 Å². The number of carbonyl (C=O) groups is 1. The standard InChI is InChI=1S/C9H10BrNO2/c1-13-8(9(11)12)6-2-4-7(10)5-3-6/h2-5,8H,1H3,(H2,11,12). The van der Waals surface area contributed by atoms with Crippen molar-refractivity contribution in [1.82, 2.24) is 0 Å². The van der Waals surface area contributed by atoms with Crippen molar-refractivity contribution in [3.8, 4) is 0 Å². The highest BCUT2D eigenvalue weighted by molar-refractivity contribution is 9.10. The maximum atomic E-state index is 10.9. The van der Waals surface area contributed by atoms with Gasteiger partial charge in [-0.25, -0.2) is 0 Å². The quantitative estimate of drug-likeness (QED) is 0.878. The van der Waals surface area contributed by atoms with E-state index in [1.807, 2.05) is 12.1 Å². The molecule has 1 unspecified atom stereocenters. The Bertz CT molecular complexity index is 297. The molecule has 1 aromatic rings. The first-order valence-corrected chi connectivity index (χ1v) is 4.52. The normalized spacial score (nSPS) is 12.5. The summed E-state index contributed by atoms with van der Waals surface area (Å²) in [5, 5.41) is 0. The second-order valence-electron chi connectivity index (χ2n) is 2.57. The van der Waals surface area contributed by atoms with Gasteiger partial charge >= 0.3 is 0 Å². The molecule has 0 aliphatic carbocycles. The Morgan fingerprint density at radius 3 is 2.38 bits per heavy atom. The van der Waals surface area contributed by atoms with E-state index in [0.29, 0.717) is 0 Å². The Hall–Kier alpha value is -0.870. The smallest absolute Gasteiger partial charge is 0.251 e. The van der Waals surface area contributed by atoms with E-state index in [2.05, 4.69) is 15.9 Å². The minimum atomic E-state index is -0.659. The van der Waals surface area contributed by atoms with Crippen LogP contribution < -0.4 is 5.73 Å². The summed E-state index contributed by atoms with van der Waals surface area (Å²) in [4.78, 5) is 10.9. The largest absolute Gasteiger partial charge is 0.367 e. The number of nitrogens with two attached hydrogens (primary N) is 1. The van der Waals surface area contributed by atoms with Crippen LogP contribution in [0.25, 0.3) is 0 Å². The van der Waals surface area contributed by atoms with Gasteiger partial charge in [0.05, 0.1) is 0 Å². The summed E-state index contributed by atoms with van der Waals surface area (Å²) < 4.78 is 5.90. The van der Waals surface area contributed by atoms with Gasteiger partial charge in [0, 0.05) is 11.6 Å². The van der Waals surface area contributed by atoms with Crippen LogP contribution >= 0.6 is 15.9 Å². The third kappa shape index (κ3) is 2.54. The summed E-state index contributed by atoms with van der Waals surface area (Å²) in [5.74, 6) is -0.482. The van der Waals surface area contributed by atoms with E-state index < -0.39 is 12.0 Å². The van der Waals surface area contributed by atoms with E-state index in [0.717, 1.165) is 10.0 Å². The second kappa shape index (κ2) is 4.39. The number of rotatable bonds is 3. The predicted octanol–water partition coefficient (Wildman–Crippen LogP) is 1.62. The summed E-state index contributed by atoms with van der Waals surface area (Å²) in [6, 6.07) is 7.26. The maximum absolute atomic E-state index is 10.9. The molecule has 0 saturated carbocycles. The van der Waals surface area contributed by atoms with Gasteiger partial charge in [0.2, 0.25) is 0 Å². The average molecular weight is 244 g/mol. The fourth-order valence-electron chi connectivity index (χ4n) is 1.05. The number of ether oxygens (including phenoxy) is 1. The molecule has 0 aliphatic heterocycles. The molecule has 1 atom stereocenters. The molecule has 1 rings (SSSR count).